The summed E-state index contributed by atoms with van der Waals surface area (Å²) in [6.45, 7) is 4.79. The Balaban J connectivity index is 1.37. The van der Waals surface area contributed by atoms with Crippen molar-refractivity contribution in [2.75, 3.05) is 32.1 Å². The maximum Gasteiger partial charge on any atom is 0.319 e. The standard InChI is InChI=1S/C23H30FN3O2/c1-17-14-19(18-6-3-7-20(24)15-18)10-13-27(17)12-5-11-25-23(28)26-21-8-4-9-22(16-21)29-2/h3-4,6-9,15-17,19H,5,10-14H2,1-2H3,(H2,25,26,28). The van der Waals surface area contributed by atoms with E-state index in [0.29, 0.717) is 29.9 Å². The van der Waals surface area contributed by atoms with E-state index in [0.717, 1.165) is 37.9 Å². The van der Waals surface area contributed by atoms with Gasteiger partial charge in [0, 0.05) is 30.9 Å². The van der Waals surface area contributed by atoms with Crippen LogP contribution in [0.4, 0.5) is 14.9 Å². The summed E-state index contributed by atoms with van der Waals surface area (Å²) in [5, 5.41) is 5.72. The molecule has 1 heterocycles. The highest BCUT2D eigenvalue weighted by molar-refractivity contribution is 5.89. The maximum atomic E-state index is 13.5. The van der Waals surface area contributed by atoms with E-state index in [-0.39, 0.29) is 11.8 Å². The topological polar surface area (TPSA) is 53.6 Å². The minimum absolute atomic E-state index is 0.157. The fraction of sp³-hybridized carbons (Fsp3) is 0.435. The molecular formula is C23H30FN3O2. The fourth-order valence-electron chi connectivity index (χ4n) is 3.98. The maximum absolute atomic E-state index is 13.5. The molecule has 6 heteroatoms. The molecule has 2 aromatic rings. The van der Waals surface area contributed by atoms with Crippen molar-refractivity contribution in [1.29, 1.82) is 0 Å². The molecule has 2 aromatic carbocycles. The fourth-order valence-corrected chi connectivity index (χ4v) is 3.98. The third-order valence-corrected chi connectivity index (χ3v) is 5.57. The lowest BCUT2D eigenvalue weighted by Gasteiger charge is -2.38. The van der Waals surface area contributed by atoms with Crippen molar-refractivity contribution in [2.24, 2.45) is 0 Å². The molecule has 0 spiro atoms. The van der Waals surface area contributed by atoms with Crippen LogP contribution in [-0.2, 0) is 0 Å². The Morgan fingerprint density at radius 1 is 1.24 bits per heavy atom. The number of hydrogen-bond donors (Lipinski definition) is 2. The Morgan fingerprint density at radius 3 is 2.83 bits per heavy atom. The molecule has 2 N–H and O–H groups in total. The third-order valence-electron chi connectivity index (χ3n) is 5.57. The summed E-state index contributed by atoms with van der Waals surface area (Å²) in [5.74, 6) is 0.970. The zero-order valence-electron chi connectivity index (χ0n) is 17.2. The number of carbonyl (C=O) groups excluding carboxylic acids is 1. The number of methoxy groups -OCH3 is 1. The summed E-state index contributed by atoms with van der Waals surface area (Å²) in [4.78, 5) is 14.5. The van der Waals surface area contributed by atoms with E-state index < -0.39 is 0 Å². The number of nitrogens with zero attached hydrogens (tertiary/aromatic N) is 1. The van der Waals surface area contributed by atoms with Crippen LogP contribution in [0, 0.1) is 5.82 Å². The van der Waals surface area contributed by atoms with Crippen LogP contribution in [0.25, 0.3) is 0 Å². The summed E-state index contributed by atoms with van der Waals surface area (Å²) in [6, 6.07) is 14.5. The Morgan fingerprint density at radius 2 is 2.07 bits per heavy atom. The Hall–Kier alpha value is -2.60. The van der Waals surface area contributed by atoms with Crippen LogP contribution in [0.15, 0.2) is 48.5 Å². The molecule has 3 rings (SSSR count). The van der Waals surface area contributed by atoms with E-state index in [1.165, 1.54) is 6.07 Å². The van der Waals surface area contributed by atoms with Crippen molar-refractivity contribution in [1.82, 2.24) is 10.2 Å². The first-order valence-electron chi connectivity index (χ1n) is 10.2. The van der Waals surface area contributed by atoms with E-state index in [1.54, 1.807) is 25.3 Å². The number of benzene rings is 2. The highest BCUT2D eigenvalue weighted by Crippen LogP contribution is 2.31. The predicted octanol–water partition coefficient (Wildman–Crippen LogP) is 4.61. The number of likely N-dealkylation sites (tertiary alicyclic amines) is 1. The summed E-state index contributed by atoms with van der Waals surface area (Å²) in [6.07, 6.45) is 2.96. The molecule has 1 aliphatic rings. The molecule has 5 nitrogen and oxygen atoms in total. The highest BCUT2D eigenvalue weighted by Gasteiger charge is 2.26. The molecule has 0 aromatic heterocycles. The summed E-state index contributed by atoms with van der Waals surface area (Å²) >= 11 is 0. The second-order valence-corrected chi connectivity index (χ2v) is 7.63. The van der Waals surface area contributed by atoms with Crippen molar-refractivity contribution in [3.63, 3.8) is 0 Å². The number of anilines is 1. The van der Waals surface area contributed by atoms with Crippen LogP contribution >= 0.6 is 0 Å². The number of halogens is 1. The lowest BCUT2D eigenvalue weighted by molar-refractivity contribution is 0.145. The first kappa shape index (κ1) is 21.1. The largest absolute Gasteiger partial charge is 0.497 e. The van der Waals surface area contributed by atoms with Crippen LogP contribution in [0.2, 0.25) is 0 Å². The van der Waals surface area contributed by atoms with E-state index in [1.807, 2.05) is 24.3 Å². The zero-order valence-corrected chi connectivity index (χ0v) is 17.2. The summed E-state index contributed by atoms with van der Waals surface area (Å²) in [5.41, 5.74) is 1.81. The van der Waals surface area contributed by atoms with Crippen molar-refractivity contribution < 1.29 is 13.9 Å². The normalized spacial score (nSPS) is 19.6. The van der Waals surface area contributed by atoms with Gasteiger partial charge in [0.1, 0.15) is 11.6 Å². The Labute approximate surface area is 172 Å². The lowest BCUT2D eigenvalue weighted by Crippen LogP contribution is -2.41. The van der Waals surface area contributed by atoms with Gasteiger partial charge in [0.05, 0.1) is 7.11 Å². The number of hydrogen-bond acceptors (Lipinski definition) is 3. The zero-order chi connectivity index (χ0) is 20.6. The van der Waals surface area contributed by atoms with Gasteiger partial charge in [-0.2, -0.15) is 0 Å². The van der Waals surface area contributed by atoms with Gasteiger partial charge in [-0.1, -0.05) is 18.2 Å². The van der Waals surface area contributed by atoms with Gasteiger partial charge in [-0.25, -0.2) is 9.18 Å². The number of piperidine rings is 1. The number of carbonyl (C=O) groups is 1. The average Bonchev–Trinajstić information content (AvgIpc) is 2.72. The average molecular weight is 400 g/mol. The Kier molecular flexibility index (Phi) is 7.47. The molecule has 2 unspecified atom stereocenters. The second-order valence-electron chi connectivity index (χ2n) is 7.63. The molecule has 1 saturated heterocycles. The van der Waals surface area contributed by atoms with Crippen LogP contribution in [0.5, 0.6) is 5.75 Å². The summed E-state index contributed by atoms with van der Waals surface area (Å²) in [7, 11) is 1.60. The van der Waals surface area contributed by atoms with Gasteiger partial charge in [0.2, 0.25) is 0 Å². The van der Waals surface area contributed by atoms with Crippen molar-refractivity contribution in [3.8, 4) is 5.75 Å². The third kappa shape index (κ3) is 6.19. The Bertz CT molecular complexity index is 814. The molecule has 29 heavy (non-hydrogen) atoms. The van der Waals surface area contributed by atoms with Gasteiger partial charge in [0.25, 0.3) is 0 Å². The molecule has 0 bridgehead atoms. The number of ether oxygens (including phenoxy) is 1. The van der Waals surface area contributed by atoms with Gasteiger partial charge < -0.3 is 20.3 Å². The minimum atomic E-state index is -0.212. The lowest BCUT2D eigenvalue weighted by atomic mass is 9.86. The van der Waals surface area contributed by atoms with Gasteiger partial charge in [-0.15, -0.1) is 0 Å². The van der Waals surface area contributed by atoms with Crippen molar-refractivity contribution >= 4 is 11.7 Å². The molecule has 1 fully saturated rings. The predicted molar refractivity (Wildman–Crippen MR) is 114 cm³/mol. The first-order chi connectivity index (χ1) is 14.0. The van der Waals surface area contributed by atoms with E-state index in [4.69, 9.17) is 4.74 Å². The van der Waals surface area contributed by atoms with Gasteiger partial charge >= 0.3 is 6.03 Å². The smallest absolute Gasteiger partial charge is 0.319 e. The van der Waals surface area contributed by atoms with Gasteiger partial charge in [0.15, 0.2) is 0 Å². The molecular weight excluding hydrogens is 369 g/mol. The van der Waals surface area contributed by atoms with E-state index in [9.17, 15) is 9.18 Å². The second kappa shape index (κ2) is 10.3. The molecule has 156 valence electrons. The number of urea groups is 1. The number of rotatable bonds is 7. The first-order valence-corrected chi connectivity index (χ1v) is 10.2. The van der Waals surface area contributed by atoms with E-state index in [2.05, 4.69) is 22.5 Å². The van der Waals surface area contributed by atoms with Gasteiger partial charge in [-0.05, 0) is 68.5 Å². The number of amides is 2. The van der Waals surface area contributed by atoms with Crippen molar-refractivity contribution in [3.05, 3.63) is 59.9 Å². The SMILES string of the molecule is COc1cccc(NC(=O)NCCCN2CCC(c3cccc(F)c3)CC2C)c1. The van der Waals surface area contributed by atoms with Gasteiger partial charge in [-0.3, -0.25) is 0 Å². The molecule has 0 saturated carbocycles. The van der Waals surface area contributed by atoms with Crippen LogP contribution in [0.3, 0.4) is 0 Å². The molecule has 1 aliphatic heterocycles. The summed E-state index contributed by atoms with van der Waals surface area (Å²) < 4.78 is 18.6. The van der Waals surface area contributed by atoms with Crippen molar-refractivity contribution in [2.45, 2.75) is 38.1 Å². The molecule has 0 radical (unpaired) electrons. The van der Waals surface area contributed by atoms with Crippen LogP contribution in [-0.4, -0.2) is 43.7 Å². The molecule has 2 atom stereocenters. The molecule has 2 amide bonds. The molecule has 0 aliphatic carbocycles. The quantitative estimate of drug-likeness (QED) is 0.669. The van der Waals surface area contributed by atoms with Crippen LogP contribution in [0.1, 0.15) is 37.7 Å². The van der Waals surface area contributed by atoms with Crippen LogP contribution < -0.4 is 15.4 Å². The van der Waals surface area contributed by atoms with E-state index >= 15 is 0 Å². The monoisotopic (exact) mass is 399 g/mol. The minimum Gasteiger partial charge on any atom is -0.497 e. The number of nitrogens with one attached hydrogen (secondary N) is 2. The highest BCUT2D eigenvalue weighted by atomic mass is 19.1.